The third-order valence-corrected chi connectivity index (χ3v) is 26.7. The zero-order chi connectivity index (χ0) is 43.5. The summed E-state index contributed by atoms with van der Waals surface area (Å²) in [6.45, 7) is 2.57. The van der Waals surface area contributed by atoms with E-state index in [0.717, 1.165) is 97.9 Å². The lowest BCUT2D eigenvalue weighted by Crippen LogP contribution is -2.53. The van der Waals surface area contributed by atoms with Crippen LogP contribution >= 0.6 is 23.5 Å². The molecule has 0 aromatic rings. The van der Waals surface area contributed by atoms with Gasteiger partial charge in [0.05, 0.1) is 0 Å². The first-order valence-corrected chi connectivity index (χ1v) is 31.2. The van der Waals surface area contributed by atoms with Gasteiger partial charge in [-0.2, -0.15) is 11.8 Å². The lowest BCUT2D eigenvalue weighted by atomic mass is 9.53. The first kappa shape index (κ1) is 43.3. The monoisotopic (exact) mass is 923 g/mol. The van der Waals surface area contributed by atoms with Gasteiger partial charge in [-0.1, -0.05) is 100 Å². The highest BCUT2D eigenvalue weighted by Gasteiger charge is 2.72. The summed E-state index contributed by atoms with van der Waals surface area (Å²) in [5.74, 6) is 11.2. The topological polar surface area (TPSA) is 15.3 Å². The number of rotatable bonds is 6. The van der Waals surface area contributed by atoms with E-state index in [1.165, 1.54) is 167 Å². The molecule has 0 bridgehead atoms. The molecule has 14 aliphatic rings. The number of allylic oxidation sites excluding steroid dienone is 11. The van der Waals surface area contributed by atoms with Crippen LogP contribution in [0.2, 0.25) is 0 Å². The molecule has 1 N–H and O–H groups in total. The van der Waals surface area contributed by atoms with Gasteiger partial charge in [0, 0.05) is 50.5 Å². The second-order valence-electron chi connectivity index (χ2n) is 25.6. The minimum atomic E-state index is 0.444. The van der Waals surface area contributed by atoms with E-state index < -0.39 is 0 Å². The number of nitrogens with zero attached hydrogens (tertiary/aromatic N) is 1. The predicted molar refractivity (Wildman–Crippen MR) is 280 cm³/mol. The molecule has 8 fully saturated rings. The molecular weight excluding hydrogens is 837 g/mol. The van der Waals surface area contributed by atoms with Crippen molar-refractivity contribution in [1.82, 2.24) is 10.2 Å². The van der Waals surface area contributed by atoms with Gasteiger partial charge >= 0.3 is 0 Å². The van der Waals surface area contributed by atoms with Crippen LogP contribution in [0.15, 0.2) is 83.3 Å². The van der Waals surface area contributed by atoms with Crippen molar-refractivity contribution in [2.45, 2.75) is 213 Å². The van der Waals surface area contributed by atoms with Crippen LogP contribution in [-0.2, 0) is 0 Å². The van der Waals surface area contributed by atoms with Crippen LogP contribution in [0.1, 0.15) is 174 Å². The number of nitrogens with one attached hydrogen (secondary N) is 1. The first-order chi connectivity index (χ1) is 32.6. The van der Waals surface area contributed by atoms with Crippen molar-refractivity contribution in [3.8, 4) is 0 Å². The summed E-state index contributed by atoms with van der Waals surface area (Å²) in [6.07, 6.45) is 64.5. The third-order valence-electron chi connectivity index (χ3n) is 23.0. The van der Waals surface area contributed by atoms with E-state index in [4.69, 9.17) is 0 Å². The summed E-state index contributed by atoms with van der Waals surface area (Å²) in [5, 5.41) is 7.96. The Morgan fingerprint density at radius 1 is 0.591 bits per heavy atom. The fourth-order valence-corrected chi connectivity index (χ4v) is 25.3. The highest BCUT2D eigenvalue weighted by Crippen LogP contribution is 2.77. The van der Waals surface area contributed by atoms with Crippen LogP contribution in [0.5, 0.6) is 0 Å². The molecule has 21 atom stereocenters. The van der Waals surface area contributed by atoms with E-state index in [-0.39, 0.29) is 0 Å². The van der Waals surface area contributed by atoms with Crippen molar-refractivity contribution in [3.63, 3.8) is 0 Å². The molecule has 2 aliphatic heterocycles. The van der Waals surface area contributed by atoms with Gasteiger partial charge in [0.25, 0.3) is 0 Å². The minimum Gasteiger partial charge on any atom is -0.384 e. The number of thioether (sulfide) groups is 2. The van der Waals surface area contributed by atoms with Crippen molar-refractivity contribution in [2.75, 3.05) is 0 Å². The second-order valence-corrected chi connectivity index (χ2v) is 28.4. The van der Waals surface area contributed by atoms with Gasteiger partial charge in [0.1, 0.15) is 0 Å². The smallest absolute Gasteiger partial charge is 0.0479 e. The Kier molecular flexibility index (Phi) is 11.6. The molecule has 0 radical (unpaired) electrons. The molecule has 0 aromatic heterocycles. The predicted octanol–water partition coefficient (Wildman–Crippen LogP) is 15.6. The summed E-state index contributed by atoms with van der Waals surface area (Å²) >= 11 is 4.91. The highest BCUT2D eigenvalue weighted by molar-refractivity contribution is 8.01. The molecule has 0 amide bonds. The van der Waals surface area contributed by atoms with Crippen LogP contribution in [0.4, 0.5) is 0 Å². The van der Waals surface area contributed by atoms with E-state index >= 15 is 0 Å². The van der Waals surface area contributed by atoms with Crippen molar-refractivity contribution in [1.29, 1.82) is 0 Å². The van der Waals surface area contributed by atoms with Gasteiger partial charge in [0.15, 0.2) is 0 Å². The van der Waals surface area contributed by atoms with Gasteiger partial charge in [-0.3, -0.25) is 0 Å². The first-order valence-electron chi connectivity index (χ1n) is 29.3. The van der Waals surface area contributed by atoms with Crippen molar-refractivity contribution >= 4 is 23.5 Å². The van der Waals surface area contributed by atoms with Gasteiger partial charge in [0.2, 0.25) is 0 Å². The second kappa shape index (κ2) is 17.7. The van der Waals surface area contributed by atoms with E-state index in [0.29, 0.717) is 23.5 Å². The Labute approximate surface area is 410 Å². The summed E-state index contributed by atoms with van der Waals surface area (Å²) in [5.41, 5.74) is 7.61. The molecule has 356 valence electrons. The Hall–Kier alpha value is -1.52. The maximum absolute atomic E-state index is 4.58. The maximum Gasteiger partial charge on any atom is 0.0479 e. The van der Waals surface area contributed by atoms with E-state index in [2.05, 4.69) is 101 Å². The molecule has 6 saturated carbocycles. The third kappa shape index (κ3) is 6.79. The van der Waals surface area contributed by atoms with Crippen molar-refractivity contribution < 1.29 is 0 Å². The van der Waals surface area contributed by atoms with E-state index in [1.54, 1.807) is 11.4 Å². The Bertz CT molecular complexity index is 2070. The molecule has 12 aliphatic carbocycles. The highest BCUT2D eigenvalue weighted by atomic mass is 32.2. The van der Waals surface area contributed by atoms with Crippen LogP contribution in [0, 0.1) is 82.3 Å². The minimum absolute atomic E-state index is 0.444. The van der Waals surface area contributed by atoms with Gasteiger partial charge in [-0.25, -0.2) is 0 Å². The average Bonchev–Trinajstić information content (AvgIpc) is 4.10. The fourth-order valence-electron chi connectivity index (χ4n) is 21.0. The van der Waals surface area contributed by atoms with E-state index in [9.17, 15) is 0 Å². The SMILES string of the molecule is CC1C=CC2C(C1)C1C=CC(N(C3=CCCC=C3)C3CCCC4C5CCC=CC5SC43)CC1C21C2CCCCC2C2C(C3=C(NC4CCCC5C6CCCCC6SC45)CCCC3)=CCCC21. The molecule has 2 heterocycles. The van der Waals surface area contributed by atoms with E-state index in [1.807, 2.05) is 11.1 Å². The molecule has 66 heavy (non-hydrogen) atoms. The summed E-state index contributed by atoms with van der Waals surface area (Å²) in [7, 11) is 0. The lowest BCUT2D eigenvalue weighted by Gasteiger charge is -2.53. The Morgan fingerprint density at radius 2 is 1.44 bits per heavy atom. The Morgan fingerprint density at radius 3 is 2.36 bits per heavy atom. The lowest BCUT2D eigenvalue weighted by molar-refractivity contribution is -0.0130. The summed E-state index contributed by atoms with van der Waals surface area (Å²) in [6, 6.07) is 1.91. The Balaban J connectivity index is 0.831. The summed E-state index contributed by atoms with van der Waals surface area (Å²) in [4.78, 5) is 3.16. The molecular formula is C62H86N2S2. The molecule has 1 spiro atoms. The van der Waals surface area contributed by atoms with Crippen molar-refractivity contribution in [2.24, 2.45) is 82.3 Å². The van der Waals surface area contributed by atoms with Crippen LogP contribution < -0.4 is 5.32 Å². The molecule has 21 unspecified atom stereocenters. The largest absolute Gasteiger partial charge is 0.384 e. The van der Waals surface area contributed by atoms with Gasteiger partial charge < -0.3 is 10.2 Å². The molecule has 2 saturated heterocycles. The number of hydrogen-bond acceptors (Lipinski definition) is 4. The van der Waals surface area contributed by atoms with Crippen molar-refractivity contribution in [3.05, 3.63) is 83.3 Å². The number of fused-ring (bicyclic) bond motifs is 16. The molecule has 2 nitrogen and oxygen atoms in total. The molecule has 0 aromatic carbocycles. The van der Waals surface area contributed by atoms with Crippen LogP contribution in [0.3, 0.4) is 0 Å². The van der Waals surface area contributed by atoms with Crippen LogP contribution in [-0.4, -0.2) is 44.0 Å². The molecule has 4 heteroatoms. The maximum atomic E-state index is 4.58. The zero-order valence-electron chi connectivity index (χ0n) is 41.0. The van der Waals surface area contributed by atoms with Gasteiger partial charge in [-0.15, -0.1) is 11.8 Å². The van der Waals surface area contributed by atoms with Gasteiger partial charge in [-0.05, 0) is 228 Å². The van der Waals surface area contributed by atoms with Crippen LogP contribution in [0.25, 0.3) is 0 Å². The number of hydrogen-bond donors (Lipinski definition) is 1. The molecule has 14 rings (SSSR count). The average molecular weight is 924 g/mol. The normalized spacial score (nSPS) is 50.9. The quantitative estimate of drug-likeness (QED) is 0.267. The fraction of sp³-hybridized carbons (Fsp3) is 0.774. The zero-order valence-corrected chi connectivity index (χ0v) is 42.6. The standard InChI is InChI=1S/C62H86N2S2/c1-38-32-35-51-49(36-38)41-34-33-40(64(39-16-3-2-4-17-39)56-29-15-24-47-44-20-8-12-31-58(44)66-61(47)56)37-53(41)62(51)50-25-9-5-21-48(50)59-45(22-13-26-52(59)62)42-18-6-10-27-54(42)63-55-28-14-23-46-43-19-7-11-30-57(43)65-60(46)55/h3,12,16-17,22,31-35,38,40-41,43-44,46-53,55-61,63H,2,4-11,13-15,18-21,23-30,36-37H2,1H3. The summed E-state index contributed by atoms with van der Waals surface area (Å²) < 4.78 is 0.